The van der Waals surface area contributed by atoms with E-state index in [1.807, 2.05) is 0 Å². The number of rotatable bonds is 3. The Bertz CT molecular complexity index is 624. The van der Waals surface area contributed by atoms with Crippen molar-refractivity contribution in [2.45, 2.75) is 6.92 Å². The van der Waals surface area contributed by atoms with Gasteiger partial charge in [-0.25, -0.2) is 4.39 Å². The molecule has 2 rings (SSSR count). The van der Waals surface area contributed by atoms with Crippen molar-refractivity contribution in [1.29, 1.82) is 0 Å². The SMILES string of the molecule is COc1ccc(O)c(C=Nc2ccc(F)cc2C)c1. The normalized spacial score (nSPS) is 10.9. The molecule has 4 heteroatoms. The quantitative estimate of drug-likeness (QED) is 0.856. The first kappa shape index (κ1) is 13.1. The van der Waals surface area contributed by atoms with Crippen molar-refractivity contribution < 1.29 is 14.2 Å². The van der Waals surface area contributed by atoms with E-state index in [2.05, 4.69) is 4.99 Å². The number of phenolic OH excluding ortho intramolecular Hbond substituents is 1. The van der Waals surface area contributed by atoms with Gasteiger partial charge in [-0.1, -0.05) is 0 Å². The molecule has 0 aromatic heterocycles. The van der Waals surface area contributed by atoms with Crippen LogP contribution in [0.2, 0.25) is 0 Å². The molecule has 0 atom stereocenters. The van der Waals surface area contributed by atoms with E-state index in [-0.39, 0.29) is 11.6 Å². The highest BCUT2D eigenvalue weighted by molar-refractivity contribution is 5.86. The van der Waals surface area contributed by atoms with E-state index >= 15 is 0 Å². The van der Waals surface area contributed by atoms with E-state index in [4.69, 9.17) is 4.74 Å². The summed E-state index contributed by atoms with van der Waals surface area (Å²) in [5.74, 6) is 0.458. The fourth-order valence-corrected chi connectivity index (χ4v) is 1.67. The highest BCUT2D eigenvalue weighted by atomic mass is 19.1. The van der Waals surface area contributed by atoms with Gasteiger partial charge in [0.1, 0.15) is 17.3 Å². The maximum absolute atomic E-state index is 13.0. The molecule has 98 valence electrons. The van der Waals surface area contributed by atoms with Crippen molar-refractivity contribution in [2.75, 3.05) is 7.11 Å². The molecular formula is C15H14FNO2. The van der Waals surface area contributed by atoms with Gasteiger partial charge in [0, 0.05) is 11.8 Å². The second-order valence-electron chi connectivity index (χ2n) is 4.11. The second-order valence-corrected chi connectivity index (χ2v) is 4.11. The van der Waals surface area contributed by atoms with Gasteiger partial charge in [-0.3, -0.25) is 4.99 Å². The van der Waals surface area contributed by atoms with Crippen molar-refractivity contribution in [3.05, 3.63) is 53.3 Å². The standard InChI is InChI=1S/C15H14FNO2/c1-10-7-12(16)3-5-14(10)17-9-11-8-13(19-2)4-6-15(11)18/h3-9,18H,1-2H3. The lowest BCUT2D eigenvalue weighted by Crippen LogP contribution is -1.87. The fourth-order valence-electron chi connectivity index (χ4n) is 1.67. The Labute approximate surface area is 111 Å². The number of hydrogen-bond donors (Lipinski definition) is 1. The molecule has 0 amide bonds. The van der Waals surface area contributed by atoms with E-state index in [0.29, 0.717) is 17.0 Å². The molecular weight excluding hydrogens is 245 g/mol. The van der Waals surface area contributed by atoms with Gasteiger partial charge in [-0.2, -0.15) is 0 Å². The zero-order valence-corrected chi connectivity index (χ0v) is 10.7. The molecule has 2 aromatic carbocycles. The van der Waals surface area contributed by atoms with E-state index < -0.39 is 0 Å². The molecule has 0 radical (unpaired) electrons. The largest absolute Gasteiger partial charge is 0.507 e. The van der Waals surface area contributed by atoms with Gasteiger partial charge in [0.15, 0.2) is 0 Å². The lowest BCUT2D eigenvalue weighted by Gasteiger charge is -2.03. The summed E-state index contributed by atoms with van der Waals surface area (Å²) in [5.41, 5.74) is 1.94. The first-order chi connectivity index (χ1) is 9.10. The van der Waals surface area contributed by atoms with Gasteiger partial charge in [0.25, 0.3) is 0 Å². The molecule has 3 nitrogen and oxygen atoms in total. The van der Waals surface area contributed by atoms with Crippen molar-refractivity contribution in [3.63, 3.8) is 0 Å². The van der Waals surface area contributed by atoms with Crippen LogP contribution in [0.4, 0.5) is 10.1 Å². The van der Waals surface area contributed by atoms with Crippen LogP contribution in [0.25, 0.3) is 0 Å². The summed E-state index contributed by atoms with van der Waals surface area (Å²) in [6.45, 7) is 1.78. The summed E-state index contributed by atoms with van der Waals surface area (Å²) in [7, 11) is 1.55. The molecule has 0 heterocycles. The first-order valence-electron chi connectivity index (χ1n) is 5.77. The number of phenols is 1. The number of aromatic hydroxyl groups is 1. The molecule has 0 aliphatic rings. The molecule has 0 saturated heterocycles. The van der Waals surface area contributed by atoms with Gasteiger partial charge in [-0.05, 0) is 48.9 Å². The molecule has 0 aliphatic heterocycles. The monoisotopic (exact) mass is 259 g/mol. The van der Waals surface area contributed by atoms with Gasteiger partial charge in [0.05, 0.1) is 12.8 Å². The summed E-state index contributed by atoms with van der Waals surface area (Å²) in [6, 6.07) is 9.24. The molecule has 0 saturated carbocycles. The second kappa shape index (κ2) is 5.52. The lowest BCUT2D eigenvalue weighted by molar-refractivity contribution is 0.412. The highest BCUT2D eigenvalue weighted by Gasteiger charge is 2.02. The number of halogens is 1. The van der Waals surface area contributed by atoms with Crippen LogP contribution in [-0.4, -0.2) is 18.4 Å². The van der Waals surface area contributed by atoms with Crippen molar-refractivity contribution in [2.24, 2.45) is 4.99 Å². The van der Waals surface area contributed by atoms with E-state index in [9.17, 15) is 9.50 Å². The number of nitrogens with zero attached hydrogens (tertiary/aromatic N) is 1. The summed E-state index contributed by atoms with van der Waals surface area (Å²) < 4.78 is 18.0. The number of ether oxygens (including phenoxy) is 1. The Morgan fingerprint density at radius 2 is 2.00 bits per heavy atom. The number of hydrogen-bond acceptors (Lipinski definition) is 3. The molecule has 0 aliphatic carbocycles. The average Bonchev–Trinajstić information content (AvgIpc) is 2.39. The maximum atomic E-state index is 13.0. The molecule has 19 heavy (non-hydrogen) atoms. The Morgan fingerprint density at radius 1 is 1.21 bits per heavy atom. The third-order valence-corrected chi connectivity index (χ3v) is 2.74. The third-order valence-electron chi connectivity index (χ3n) is 2.74. The molecule has 2 aromatic rings. The van der Waals surface area contributed by atoms with Crippen LogP contribution in [0.3, 0.4) is 0 Å². The van der Waals surface area contributed by atoms with E-state index in [1.165, 1.54) is 24.4 Å². The van der Waals surface area contributed by atoms with Crippen LogP contribution >= 0.6 is 0 Å². The van der Waals surface area contributed by atoms with Gasteiger partial charge in [-0.15, -0.1) is 0 Å². The highest BCUT2D eigenvalue weighted by Crippen LogP contribution is 2.23. The Kier molecular flexibility index (Phi) is 3.80. The van der Waals surface area contributed by atoms with Gasteiger partial charge < -0.3 is 9.84 Å². The summed E-state index contributed by atoms with van der Waals surface area (Å²) in [4.78, 5) is 4.25. The van der Waals surface area contributed by atoms with Crippen LogP contribution in [-0.2, 0) is 0 Å². The Balaban J connectivity index is 2.32. The average molecular weight is 259 g/mol. The number of aryl methyl sites for hydroxylation is 1. The number of methoxy groups -OCH3 is 1. The minimum Gasteiger partial charge on any atom is -0.507 e. The van der Waals surface area contributed by atoms with Crippen molar-refractivity contribution in [3.8, 4) is 11.5 Å². The Morgan fingerprint density at radius 3 is 2.68 bits per heavy atom. The van der Waals surface area contributed by atoms with E-state index in [1.54, 1.807) is 32.2 Å². The number of benzene rings is 2. The van der Waals surface area contributed by atoms with Crippen LogP contribution in [0, 0.1) is 12.7 Å². The topological polar surface area (TPSA) is 41.8 Å². The zero-order chi connectivity index (χ0) is 13.8. The Hall–Kier alpha value is -2.36. The molecule has 1 N–H and O–H groups in total. The van der Waals surface area contributed by atoms with Crippen LogP contribution in [0.5, 0.6) is 11.5 Å². The summed E-state index contributed by atoms with van der Waals surface area (Å²) >= 11 is 0. The fraction of sp³-hybridized carbons (Fsp3) is 0.133. The molecule has 0 spiro atoms. The lowest BCUT2D eigenvalue weighted by atomic mass is 10.2. The predicted octanol–water partition coefficient (Wildman–Crippen LogP) is 3.60. The third kappa shape index (κ3) is 3.10. The number of aliphatic imine (C=N–C) groups is 1. The summed E-state index contributed by atoms with van der Waals surface area (Å²) in [6.07, 6.45) is 1.53. The molecule has 0 fully saturated rings. The summed E-state index contributed by atoms with van der Waals surface area (Å²) in [5, 5.41) is 9.72. The van der Waals surface area contributed by atoms with Crippen LogP contribution in [0.15, 0.2) is 41.4 Å². The van der Waals surface area contributed by atoms with E-state index in [0.717, 1.165) is 5.56 Å². The predicted molar refractivity (Wildman–Crippen MR) is 73.0 cm³/mol. The van der Waals surface area contributed by atoms with Crippen LogP contribution in [0.1, 0.15) is 11.1 Å². The molecule has 0 bridgehead atoms. The maximum Gasteiger partial charge on any atom is 0.124 e. The van der Waals surface area contributed by atoms with Gasteiger partial charge in [0.2, 0.25) is 0 Å². The molecule has 0 unspecified atom stereocenters. The smallest absolute Gasteiger partial charge is 0.124 e. The first-order valence-corrected chi connectivity index (χ1v) is 5.77. The van der Waals surface area contributed by atoms with Crippen molar-refractivity contribution in [1.82, 2.24) is 0 Å². The van der Waals surface area contributed by atoms with Crippen molar-refractivity contribution >= 4 is 11.9 Å². The zero-order valence-electron chi connectivity index (χ0n) is 10.7. The minimum absolute atomic E-state index is 0.115. The van der Waals surface area contributed by atoms with Gasteiger partial charge >= 0.3 is 0 Å². The minimum atomic E-state index is -0.291. The van der Waals surface area contributed by atoms with Crippen LogP contribution < -0.4 is 4.74 Å².